The van der Waals surface area contributed by atoms with Crippen LogP contribution in [0.2, 0.25) is 0 Å². The largest absolute Gasteiger partial charge is 0.496 e. The van der Waals surface area contributed by atoms with Crippen LogP contribution < -0.4 is 20.1 Å². The Balaban J connectivity index is 2.65. The average Bonchev–Trinajstić information content (AvgIpc) is 2.39. The van der Waals surface area contributed by atoms with Gasteiger partial charge in [0.2, 0.25) is 5.91 Å². The first-order chi connectivity index (χ1) is 9.47. The standard InChI is InChI=1S/C14H21BrN2O3/c1-9(17-10(2)18)16-6-5-11-7-14(20-4)12(15)8-13(11)19-3/h7-9,16H,5-6H2,1-4H3,(H,17,18). The predicted molar refractivity (Wildman–Crippen MR) is 82.2 cm³/mol. The molecule has 1 unspecified atom stereocenters. The van der Waals surface area contributed by atoms with E-state index in [1.165, 1.54) is 6.92 Å². The molecule has 1 rings (SSSR count). The smallest absolute Gasteiger partial charge is 0.218 e. The lowest BCUT2D eigenvalue weighted by atomic mass is 10.1. The Hall–Kier alpha value is -1.27. The molecule has 0 aliphatic heterocycles. The van der Waals surface area contributed by atoms with Crippen LogP contribution in [0.15, 0.2) is 16.6 Å². The molecule has 1 atom stereocenters. The van der Waals surface area contributed by atoms with E-state index in [9.17, 15) is 4.79 Å². The van der Waals surface area contributed by atoms with E-state index in [4.69, 9.17) is 9.47 Å². The van der Waals surface area contributed by atoms with Crippen molar-refractivity contribution in [3.8, 4) is 11.5 Å². The molecule has 0 saturated carbocycles. The second kappa shape index (κ2) is 8.11. The molecule has 0 bridgehead atoms. The van der Waals surface area contributed by atoms with Gasteiger partial charge in [0.05, 0.1) is 24.9 Å². The number of ether oxygens (including phenoxy) is 2. The summed E-state index contributed by atoms with van der Waals surface area (Å²) in [5.74, 6) is 1.54. The van der Waals surface area contributed by atoms with Gasteiger partial charge in [-0.05, 0) is 47.0 Å². The minimum atomic E-state index is -0.0594. The Morgan fingerprint density at radius 2 is 1.95 bits per heavy atom. The maximum atomic E-state index is 10.9. The number of methoxy groups -OCH3 is 2. The number of rotatable bonds is 7. The fourth-order valence-corrected chi connectivity index (χ4v) is 2.38. The number of carbonyl (C=O) groups is 1. The van der Waals surface area contributed by atoms with E-state index in [2.05, 4.69) is 26.6 Å². The summed E-state index contributed by atoms with van der Waals surface area (Å²) in [6, 6.07) is 3.85. The van der Waals surface area contributed by atoms with Crippen LogP contribution in [0.25, 0.3) is 0 Å². The fraction of sp³-hybridized carbons (Fsp3) is 0.500. The lowest BCUT2D eigenvalue weighted by Gasteiger charge is -2.16. The summed E-state index contributed by atoms with van der Waals surface area (Å²) in [5.41, 5.74) is 1.05. The second-order valence-electron chi connectivity index (χ2n) is 4.42. The molecule has 2 N–H and O–H groups in total. The van der Waals surface area contributed by atoms with Crippen molar-refractivity contribution >= 4 is 21.8 Å². The molecule has 1 aromatic rings. The van der Waals surface area contributed by atoms with Crippen molar-refractivity contribution in [3.05, 3.63) is 22.2 Å². The molecule has 20 heavy (non-hydrogen) atoms. The molecule has 0 fully saturated rings. The molecule has 0 spiro atoms. The van der Waals surface area contributed by atoms with Gasteiger partial charge in [0.1, 0.15) is 11.5 Å². The first-order valence-corrected chi connectivity index (χ1v) is 7.18. The zero-order chi connectivity index (χ0) is 15.1. The minimum absolute atomic E-state index is 0.0482. The SMILES string of the molecule is COc1cc(CCNC(C)NC(C)=O)c(OC)cc1Br. The van der Waals surface area contributed by atoms with Crippen LogP contribution in [-0.2, 0) is 11.2 Å². The first-order valence-electron chi connectivity index (χ1n) is 6.38. The lowest BCUT2D eigenvalue weighted by molar-refractivity contribution is -0.119. The van der Waals surface area contributed by atoms with Gasteiger partial charge in [-0.2, -0.15) is 0 Å². The van der Waals surface area contributed by atoms with E-state index in [-0.39, 0.29) is 12.1 Å². The number of carbonyl (C=O) groups excluding carboxylic acids is 1. The summed E-state index contributed by atoms with van der Waals surface area (Å²) in [6.45, 7) is 4.13. The third-order valence-corrected chi connectivity index (χ3v) is 3.44. The maximum Gasteiger partial charge on any atom is 0.218 e. The highest BCUT2D eigenvalue weighted by molar-refractivity contribution is 9.10. The van der Waals surface area contributed by atoms with Gasteiger partial charge in [-0.1, -0.05) is 0 Å². The van der Waals surface area contributed by atoms with E-state index in [1.54, 1.807) is 14.2 Å². The Morgan fingerprint density at radius 3 is 2.50 bits per heavy atom. The molecule has 1 aromatic carbocycles. The van der Waals surface area contributed by atoms with E-state index >= 15 is 0 Å². The summed E-state index contributed by atoms with van der Waals surface area (Å²) >= 11 is 3.43. The Labute approximate surface area is 128 Å². The van der Waals surface area contributed by atoms with Crippen LogP contribution in [-0.4, -0.2) is 32.8 Å². The topological polar surface area (TPSA) is 59.6 Å². The first kappa shape index (κ1) is 16.8. The van der Waals surface area contributed by atoms with E-state index in [0.29, 0.717) is 0 Å². The number of amides is 1. The number of benzene rings is 1. The predicted octanol–water partition coefficient (Wildman–Crippen LogP) is 2.08. The van der Waals surface area contributed by atoms with Crippen LogP contribution in [0.1, 0.15) is 19.4 Å². The Bertz CT molecular complexity index is 466. The fourth-order valence-electron chi connectivity index (χ4n) is 1.90. The monoisotopic (exact) mass is 344 g/mol. The van der Waals surface area contributed by atoms with E-state index in [1.807, 2.05) is 19.1 Å². The van der Waals surface area contributed by atoms with Crippen LogP contribution >= 0.6 is 15.9 Å². The van der Waals surface area contributed by atoms with Crippen LogP contribution in [0, 0.1) is 0 Å². The highest BCUT2D eigenvalue weighted by Gasteiger charge is 2.10. The Morgan fingerprint density at radius 1 is 1.30 bits per heavy atom. The van der Waals surface area contributed by atoms with E-state index in [0.717, 1.165) is 34.5 Å². The molecule has 0 heterocycles. The maximum absolute atomic E-state index is 10.9. The summed E-state index contributed by atoms with van der Waals surface area (Å²) in [7, 11) is 3.28. The average molecular weight is 345 g/mol. The van der Waals surface area contributed by atoms with Crippen molar-refractivity contribution < 1.29 is 14.3 Å². The number of hydrogen-bond donors (Lipinski definition) is 2. The molecule has 5 nitrogen and oxygen atoms in total. The van der Waals surface area contributed by atoms with Gasteiger partial charge >= 0.3 is 0 Å². The van der Waals surface area contributed by atoms with Crippen LogP contribution in [0.4, 0.5) is 0 Å². The lowest BCUT2D eigenvalue weighted by Crippen LogP contribution is -2.42. The molecule has 1 amide bonds. The molecule has 0 radical (unpaired) electrons. The number of nitrogens with one attached hydrogen (secondary N) is 2. The molecule has 0 saturated heterocycles. The summed E-state index contributed by atoms with van der Waals surface area (Å²) in [4.78, 5) is 10.9. The van der Waals surface area contributed by atoms with Gasteiger partial charge in [0.25, 0.3) is 0 Å². The third-order valence-electron chi connectivity index (χ3n) is 2.82. The molecule has 112 valence electrons. The number of halogens is 1. The van der Waals surface area contributed by atoms with Gasteiger partial charge in [-0.3, -0.25) is 10.1 Å². The van der Waals surface area contributed by atoms with Crippen molar-refractivity contribution in [2.75, 3.05) is 20.8 Å². The summed E-state index contributed by atoms with van der Waals surface area (Å²) in [6.07, 6.45) is 0.715. The van der Waals surface area contributed by atoms with Gasteiger partial charge in [0.15, 0.2) is 0 Å². The van der Waals surface area contributed by atoms with Gasteiger partial charge < -0.3 is 14.8 Å². The number of hydrogen-bond acceptors (Lipinski definition) is 4. The molecular weight excluding hydrogens is 324 g/mol. The molecule has 0 aromatic heterocycles. The molecular formula is C14H21BrN2O3. The Kier molecular flexibility index (Phi) is 6.81. The normalized spacial score (nSPS) is 11.8. The van der Waals surface area contributed by atoms with Gasteiger partial charge in [0, 0.05) is 13.5 Å². The molecule has 0 aliphatic carbocycles. The molecule has 6 heteroatoms. The third kappa shape index (κ3) is 5.02. The van der Waals surface area contributed by atoms with Crippen molar-refractivity contribution in [1.29, 1.82) is 0 Å². The zero-order valence-electron chi connectivity index (χ0n) is 12.2. The van der Waals surface area contributed by atoms with Gasteiger partial charge in [-0.25, -0.2) is 0 Å². The van der Waals surface area contributed by atoms with Crippen LogP contribution in [0.5, 0.6) is 11.5 Å². The highest BCUT2D eigenvalue weighted by Crippen LogP contribution is 2.32. The van der Waals surface area contributed by atoms with Crippen molar-refractivity contribution in [1.82, 2.24) is 10.6 Å². The van der Waals surface area contributed by atoms with Crippen LogP contribution in [0.3, 0.4) is 0 Å². The van der Waals surface area contributed by atoms with Crippen molar-refractivity contribution in [2.24, 2.45) is 0 Å². The molecule has 0 aliphatic rings. The van der Waals surface area contributed by atoms with E-state index < -0.39 is 0 Å². The second-order valence-corrected chi connectivity index (χ2v) is 5.28. The quantitative estimate of drug-likeness (QED) is 0.743. The minimum Gasteiger partial charge on any atom is -0.496 e. The summed E-state index contributed by atoms with van der Waals surface area (Å²) in [5, 5.41) is 6.00. The zero-order valence-corrected chi connectivity index (χ0v) is 13.8. The van der Waals surface area contributed by atoms with Gasteiger partial charge in [-0.15, -0.1) is 0 Å². The van der Waals surface area contributed by atoms with Crippen molar-refractivity contribution in [2.45, 2.75) is 26.4 Å². The summed E-state index contributed by atoms with van der Waals surface area (Å²) < 4.78 is 11.5. The van der Waals surface area contributed by atoms with Crippen molar-refractivity contribution in [3.63, 3.8) is 0 Å². The highest BCUT2D eigenvalue weighted by atomic mass is 79.9.